The molecule has 0 fully saturated rings. The molecule has 0 spiro atoms. The molecule has 0 heterocycles. The van der Waals surface area contributed by atoms with Gasteiger partial charge in [-0.3, -0.25) is 14.4 Å². The van der Waals surface area contributed by atoms with E-state index in [1.165, 1.54) is 283 Å². The van der Waals surface area contributed by atoms with Crippen molar-refractivity contribution in [3.8, 4) is 0 Å². The van der Waals surface area contributed by atoms with Gasteiger partial charge in [-0.15, -0.1) is 0 Å². The van der Waals surface area contributed by atoms with E-state index in [2.05, 4.69) is 57.2 Å². The minimum atomic E-state index is -0.778. The van der Waals surface area contributed by atoms with Crippen LogP contribution in [-0.2, 0) is 28.6 Å². The van der Waals surface area contributed by atoms with Gasteiger partial charge in [0.1, 0.15) is 13.2 Å². The van der Waals surface area contributed by atoms with E-state index >= 15 is 0 Å². The molecule has 0 saturated heterocycles. The topological polar surface area (TPSA) is 78.9 Å². The van der Waals surface area contributed by atoms with Gasteiger partial charge < -0.3 is 14.2 Å². The van der Waals surface area contributed by atoms with Gasteiger partial charge in [0.2, 0.25) is 0 Å². The normalized spacial score (nSPS) is 12.2. The molecule has 0 aromatic carbocycles. The maximum absolute atomic E-state index is 12.9. The van der Waals surface area contributed by atoms with Crippen molar-refractivity contribution in [1.82, 2.24) is 0 Å². The second-order valence-corrected chi connectivity index (χ2v) is 24.1. The molecule has 6 heteroatoms. The lowest BCUT2D eigenvalue weighted by molar-refractivity contribution is -0.167. The first kappa shape index (κ1) is 76.6. The average Bonchev–Trinajstić information content (AvgIpc) is 3.45. The first-order valence-corrected chi connectivity index (χ1v) is 35.5. The summed E-state index contributed by atoms with van der Waals surface area (Å²) in [5, 5.41) is 0. The number of hydrogen-bond acceptors (Lipinski definition) is 6. The number of esters is 3. The third-order valence-electron chi connectivity index (χ3n) is 16.1. The lowest BCUT2D eigenvalue weighted by Crippen LogP contribution is -2.30. The Morgan fingerprint density at radius 2 is 0.418 bits per heavy atom. The van der Waals surface area contributed by atoms with Crippen LogP contribution in [0, 0.1) is 0 Å². The van der Waals surface area contributed by atoms with Crippen LogP contribution in [0.1, 0.15) is 393 Å². The first-order chi connectivity index (χ1) is 39.0. The monoisotopic (exact) mass is 1110 g/mol. The summed E-state index contributed by atoms with van der Waals surface area (Å²) in [5.74, 6) is -0.865. The van der Waals surface area contributed by atoms with Crippen molar-refractivity contribution < 1.29 is 28.6 Å². The largest absolute Gasteiger partial charge is 0.462 e. The smallest absolute Gasteiger partial charge is 0.306 e. The highest BCUT2D eigenvalue weighted by molar-refractivity contribution is 5.71. The molecule has 0 aromatic heterocycles. The molecule has 6 nitrogen and oxygen atoms in total. The lowest BCUT2D eigenvalue weighted by Gasteiger charge is -2.18. The van der Waals surface area contributed by atoms with Gasteiger partial charge in [0, 0.05) is 19.3 Å². The molecule has 1 atom stereocenters. The average molecular weight is 1110 g/mol. The maximum Gasteiger partial charge on any atom is 0.306 e. The van der Waals surface area contributed by atoms with Gasteiger partial charge in [0.25, 0.3) is 0 Å². The molecule has 0 aliphatic rings. The van der Waals surface area contributed by atoms with E-state index in [0.717, 1.165) is 70.6 Å². The fourth-order valence-corrected chi connectivity index (χ4v) is 10.7. The van der Waals surface area contributed by atoms with Crippen LogP contribution in [0.15, 0.2) is 36.5 Å². The Hall–Kier alpha value is -2.37. The number of ether oxygens (including phenoxy) is 3. The summed E-state index contributed by atoms with van der Waals surface area (Å²) in [7, 11) is 0. The second kappa shape index (κ2) is 68.1. The van der Waals surface area contributed by atoms with Gasteiger partial charge in [0.15, 0.2) is 6.10 Å². The minimum Gasteiger partial charge on any atom is -0.462 e. The summed E-state index contributed by atoms with van der Waals surface area (Å²) >= 11 is 0. The quantitative estimate of drug-likeness (QED) is 0.0261. The van der Waals surface area contributed by atoms with Crippen molar-refractivity contribution in [3.63, 3.8) is 0 Å². The zero-order valence-corrected chi connectivity index (χ0v) is 53.4. The molecule has 0 rings (SSSR count). The molecular weight excluding hydrogens is 973 g/mol. The molecule has 464 valence electrons. The standard InChI is InChI=1S/C73H136O6/c1-4-7-10-13-16-19-22-25-28-29-30-31-32-33-34-35-36-37-38-39-40-41-42-43-46-48-51-54-57-60-63-66-72(75)78-69-70(79-73(76)67-64-61-58-55-52-49-45-27-24-21-18-15-12-9-6-3)68-77-71(74)65-62-59-56-53-50-47-44-26-23-20-17-14-11-8-5-2/h26-27,29-30,44-45,70H,4-25,28,31-43,46-69H2,1-3H3/b30-29-,44-26-,45-27-. The Labute approximate surface area is 493 Å². The minimum absolute atomic E-state index is 0.0737. The Balaban J connectivity index is 4.15. The van der Waals surface area contributed by atoms with Crippen LogP contribution in [0.5, 0.6) is 0 Å². The van der Waals surface area contributed by atoms with Gasteiger partial charge in [0.05, 0.1) is 0 Å². The van der Waals surface area contributed by atoms with Gasteiger partial charge in [-0.2, -0.15) is 0 Å². The number of hydrogen-bond donors (Lipinski definition) is 0. The lowest BCUT2D eigenvalue weighted by atomic mass is 10.0. The molecule has 0 radical (unpaired) electrons. The van der Waals surface area contributed by atoms with Crippen molar-refractivity contribution in [2.75, 3.05) is 13.2 Å². The summed E-state index contributed by atoms with van der Waals surface area (Å²) in [4.78, 5) is 38.4. The van der Waals surface area contributed by atoms with E-state index in [4.69, 9.17) is 14.2 Å². The zero-order valence-electron chi connectivity index (χ0n) is 53.4. The molecule has 1 unspecified atom stereocenters. The fourth-order valence-electron chi connectivity index (χ4n) is 10.7. The van der Waals surface area contributed by atoms with E-state index < -0.39 is 6.10 Å². The van der Waals surface area contributed by atoms with Crippen molar-refractivity contribution in [2.45, 2.75) is 399 Å². The summed E-state index contributed by atoms with van der Waals surface area (Å²) < 4.78 is 17.0. The molecule has 0 aliphatic heterocycles. The van der Waals surface area contributed by atoms with E-state index in [9.17, 15) is 14.4 Å². The summed E-state index contributed by atoms with van der Waals surface area (Å²) in [6.45, 7) is 6.68. The van der Waals surface area contributed by atoms with Crippen LogP contribution >= 0.6 is 0 Å². The Morgan fingerprint density at radius 3 is 0.633 bits per heavy atom. The molecule has 0 aromatic rings. The van der Waals surface area contributed by atoms with E-state index in [1.54, 1.807) is 0 Å². The van der Waals surface area contributed by atoms with Crippen molar-refractivity contribution >= 4 is 17.9 Å². The highest BCUT2D eigenvalue weighted by Crippen LogP contribution is 2.18. The zero-order chi connectivity index (χ0) is 57.1. The predicted octanol–water partition coefficient (Wildman–Crippen LogP) is 24.3. The number of carbonyl (C=O) groups is 3. The van der Waals surface area contributed by atoms with Crippen molar-refractivity contribution in [3.05, 3.63) is 36.5 Å². The third kappa shape index (κ3) is 66.3. The molecule has 0 bridgehead atoms. The molecular formula is C73H136O6. The van der Waals surface area contributed by atoms with Gasteiger partial charge in [-0.1, -0.05) is 314 Å². The SMILES string of the molecule is CCCCCCCC/C=C\CCCCCCCC(=O)OCC(COC(=O)CCCCCCCCCCCCCCCCCCCCC/C=C\CCCCCCCCCC)OC(=O)CCCCCCC/C=C\CCCCCCCC. The third-order valence-corrected chi connectivity index (χ3v) is 16.1. The van der Waals surface area contributed by atoms with E-state index in [0.29, 0.717) is 19.3 Å². The highest BCUT2D eigenvalue weighted by atomic mass is 16.6. The van der Waals surface area contributed by atoms with E-state index in [1.807, 2.05) is 0 Å². The molecule has 0 saturated carbocycles. The Kier molecular flexibility index (Phi) is 66.1. The first-order valence-electron chi connectivity index (χ1n) is 35.5. The number of allylic oxidation sites excluding steroid dienone is 6. The summed E-state index contributed by atoms with van der Waals surface area (Å²) in [6, 6.07) is 0. The van der Waals surface area contributed by atoms with Crippen LogP contribution in [0.2, 0.25) is 0 Å². The van der Waals surface area contributed by atoms with Crippen LogP contribution < -0.4 is 0 Å². The van der Waals surface area contributed by atoms with Gasteiger partial charge in [-0.05, 0) is 96.3 Å². The summed E-state index contributed by atoms with van der Waals surface area (Å²) in [5.41, 5.74) is 0. The second-order valence-electron chi connectivity index (χ2n) is 24.1. The fraction of sp³-hybridized carbons (Fsp3) is 0.877. The molecule has 79 heavy (non-hydrogen) atoms. The summed E-state index contributed by atoms with van der Waals surface area (Å²) in [6.07, 6.45) is 84.7. The molecule has 0 amide bonds. The van der Waals surface area contributed by atoms with Crippen LogP contribution in [0.25, 0.3) is 0 Å². The maximum atomic E-state index is 12.9. The molecule has 0 N–H and O–H groups in total. The van der Waals surface area contributed by atoms with Gasteiger partial charge >= 0.3 is 17.9 Å². The number of unbranched alkanes of at least 4 members (excludes halogenated alkanes) is 49. The Morgan fingerprint density at radius 1 is 0.241 bits per heavy atom. The van der Waals surface area contributed by atoms with Crippen LogP contribution in [0.4, 0.5) is 0 Å². The van der Waals surface area contributed by atoms with Crippen LogP contribution in [-0.4, -0.2) is 37.2 Å². The van der Waals surface area contributed by atoms with Crippen molar-refractivity contribution in [1.29, 1.82) is 0 Å². The Bertz CT molecular complexity index is 1320. The van der Waals surface area contributed by atoms with Crippen LogP contribution in [0.3, 0.4) is 0 Å². The number of rotatable bonds is 66. The number of carbonyl (C=O) groups excluding carboxylic acids is 3. The van der Waals surface area contributed by atoms with Crippen molar-refractivity contribution in [2.24, 2.45) is 0 Å². The van der Waals surface area contributed by atoms with E-state index in [-0.39, 0.29) is 31.1 Å². The molecule has 0 aliphatic carbocycles. The highest BCUT2D eigenvalue weighted by Gasteiger charge is 2.19. The van der Waals surface area contributed by atoms with Gasteiger partial charge in [-0.25, -0.2) is 0 Å². The predicted molar refractivity (Wildman–Crippen MR) is 344 cm³/mol.